The molecule has 152 valence electrons. The van der Waals surface area contributed by atoms with Crippen LogP contribution in [0.15, 0.2) is 35.7 Å². The molecule has 0 radical (unpaired) electrons. The van der Waals surface area contributed by atoms with Crippen molar-refractivity contribution in [2.24, 2.45) is 16.4 Å². The Morgan fingerprint density at radius 2 is 2.03 bits per heavy atom. The fraction of sp³-hybridized carbons (Fsp3) is 0.435. The number of aromatic nitrogens is 2. The number of hydrogen-bond acceptors (Lipinski definition) is 5. The third-order valence-corrected chi connectivity index (χ3v) is 7.65. The Labute approximate surface area is 175 Å². The number of rotatable bonds is 5. The Kier molecular flexibility index (Phi) is 5.38. The van der Waals surface area contributed by atoms with Crippen molar-refractivity contribution in [1.82, 2.24) is 9.97 Å². The van der Waals surface area contributed by atoms with Crippen molar-refractivity contribution < 1.29 is 4.39 Å². The van der Waals surface area contributed by atoms with Gasteiger partial charge in [-0.25, -0.2) is 14.4 Å². The van der Waals surface area contributed by atoms with E-state index in [0.717, 1.165) is 40.2 Å². The molecule has 2 aromatic heterocycles. The second-order valence-corrected chi connectivity index (χ2v) is 9.59. The molecule has 1 atom stereocenters. The number of anilines is 1. The van der Waals surface area contributed by atoms with E-state index in [0.29, 0.717) is 11.3 Å². The zero-order valence-electron chi connectivity index (χ0n) is 17.4. The number of fused-ring (bicyclic) bond motifs is 3. The van der Waals surface area contributed by atoms with Crippen molar-refractivity contribution in [2.45, 2.75) is 53.4 Å². The first-order valence-electron chi connectivity index (χ1n) is 10.2. The number of nitrogens with one attached hydrogen (secondary N) is 1. The molecule has 0 aliphatic heterocycles. The van der Waals surface area contributed by atoms with Gasteiger partial charge in [0.15, 0.2) is 5.82 Å². The second-order valence-electron chi connectivity index (χ2n) is 8.50. The summed E-state index contributed by atoms with van der Waals surface area (Å²) in [7, 11) is 0. The average Bonchev–Trinajstić information content (AvgIpc) is 3.11. The van der Waals surface area contributed by atoms with Gasteiger partial charge in [-0.3, -0.25) is 5.43 Å². The molecule has 0 saturated heterocycles. The third-order valence-electron chi connectivity index (χ3n) is 6.45. The minimum atomic E-state index is -0.249. The molecule has 4 nitrogen and oxygen atoms in total. The highest BCUT2D eigenvalue weighted by atomic mass is 32.1. The van der Waals surface area contributed by atoms with Gasteiger partial charge in [0.05, 0.1) is 11.1 Å². The van der Waals surface area contributed by atoms with Gasteiger partial charge in [0, 0.05) is 4.88 Å². The standard InChI is InChI=1S/C23H27FN4S/c1-5-23(3,4)16-8-11-19-18(12-16)20-21(25-13-26-22(20)29-19)28-27-14(2)15-6-9-17(24)10-7-15/h6-7,9-10,13,16H,5,8,11-12H2,1-4H3,(H,25,26,28)/b27-14-/t16-/m0/s1. The number of aryl methyl sites for hydroxylation is 1. The second kappa shape index (κ2) is 7.82. The van der Waals surface area contributed by atoms with Crippen LogP contribution in [-0.2, 0) is 12.8 Å². The Hall–Kier alpha value is -2.34. The van der Waals surface area contributed by atoms with E-state index in [-0.39, 0.29) is 5.82 Å². The van der Waals surface area contributed by atoms with E-state index < -0.39 is 0 Å². The molecule has 6 heteroatoms. The molecular formula is C23H27FN4S. The number of nitrogens with zero attached hydrogens (tertiary/aromatic N) is 3. The summed E-state index contributed by atoms with van der Waals surface area (Å²) < 4.78 is 13.2. The lowest BCUT2D eigenvalue weighted by atomic mass is 9.69. The summed E-state index contributed by atoms with van der Waals surface area (Å²) in [6, 6.07) is 6.36. The SMILES string of the molecule is CCC(C)(C)[C@H]1CCc2sc3ncnc(N/N=C(/C)c4ccc(F)cc4)c3c2C1. The molecule has 1 N–H and O–H groups in total. The number of thiophene rings is 1. The lowest BCUT2D eigenvalue weighted by Gasteiger charge is -2.36. The van der Waals surface area contributed by atoms with Crippen molar-refractivity contribution in [1.29, 1.82) is 0 Å². The van der Waals surface area contributed by atoms with E-state index in [1.54, 1.807) is 29.8 Å². The summed E-state index contributed by atoms with van der Waals surface area (Å²) >= 11 is 1.79. The number of hydrogen-bond donors (Lipinski definition) is 1. The normalized spacial score (nSPS) is 17.4. The zero-order chi connectivity index (χ0) is 20.6. The predicted octanol–water partition coefficient (Wildman–Crippen LogP) is 6.21. The Morgan fingerprint density at radius 1 is 1.28 bits per heavy atom. The van der Waals surface area contributed by atoms with Crippen LogP contribution in [0.25, 0.3) is 10.2 Å². The molecule has 0 spiro atoms. The number of halogens is 1. The summed E-state index contributed by atoms with van der Waals surface area (Å²) in [6.07, 6.45) is 6.19. The van der Waals surface area contributed by atoms with Crippen molar-refractivity contribution in [3.63, 3.8) is 0 Å². The summed E-state index contributed by atoms with van der Waals surface area (Å²) in [5.41, 5.74) is 6.53. The highest BCUT2D eigenvalue weighted by Crippen LogP contribution is 2.45. The smallest absolute Gasteiger partial charge is 0.158 e. The monoisotopic (exact) mass is 410 g/mol. The van der Waals surface area contributed by atoms with Gasteiger partial charge in [-0.15, -0.1) is 11.3 Å². The first-order valence-corrected chi connectivity index (χ1v) is 11.0. The maximum absolute atomic E-state index is 13.2. The van der Waals surface area contributed by atoms with Gasteiger partial charge in [-0.2, -0.15) is 5.10 Å². The minimum absolute atomic E-state index is 0.249. The summed E-state index contributed by atoms with van der Waals surface area (Å²) in [4.78, 5) is 11.5. The molecule has 3 aromatic rings. The van der Waals surface area contributed by atoms with E-state index in [2.05, 4.69) is 41.3 Å². The largest absolute Gasteiger partial charge is 0.260 e. The number of benzene rings is 1. The summed E-state index contributed by atoms with van der Waals surface area (Å²) in [5, 5.41) is 5.63. The van der Waals surface area contributed by atoms with Gasteiger partial charge in [-0.05, 0) is 60.8 Å². The molecule has 0 saturated carbocycles. The Bertz CT molecular complexity index is 1050. The molecule has 0 unspecified atom stereocenters. The molecular weight excluding hydrogens is 383 g/mol. The molecule has 4 rings (SSSR count). The zero-order valence-corrected chi connectivity index (χ0v) is 18.2. The van der Waals surface area contributed by atoms with E-state index in [4.69, 9.17) is 0 Å². The van der Waals surface area contributed by atoms with Gasteiger partial charge < -0.3 is 0 Å². The van der Waals surface area contributed by atoms with Crippen molar-refractivity contribution >= 4 is 33.1 Å². The summed E-state index contributed by atoms with van der Waals surface area (Å²) in [5.74, 6) is 1.17. The van der Waals surface area contributed by atoms with Crippen molar-refractivity contribution in [2.75, 3.05) is 5.43 Å². The van der Waals surface area contributed by atoms with Gasteiger partial charge in [-0.1, -0.05) is 39.3 Å². The first-order chi connectivity index (χ1) is 13.9. The molecule has 1 aromatic carbocycles. The fourth-order valence-corrected chi connectivity index (χ4v) is 5.22. The maximum atomic E-state index is 13.2. The highest BCUT2D eigenvalue weighted by molar-refractivity contribution is 7.19. The van der Waals surface area contributed by atoms with E-state index in [9.17, 15) is 4.39 Å². The van der Waals surface area contributed by atoms with Crippen molar-refractivity contribution in [3.8, 4) is 0 Å². The van der Waals surface area contributed by atoms with Crippen molar-refractivity contribution in [3.05, 3.63) is 52.4 Å². The van der Waals surface area contributed by atoms with Crippen LogP contribution in [0, 0.1) is 17.2 Å². The molecule has 2 heterocycles. The highest BCUT2D eigenvalue weighted by Gasteiger charge is 2.33. The summed E-state index contributed by atoms with van der Waals surface area (Å²) in [6.45, 7) is 8.94. The molecule has 0 amide bonds. The Morgan fingerprint density at radius 3 is 2.76 bits per heavy atom. The van der Waals surface area contributed by atoms with Gasteiger partial charge >= 0.3 is 0 Å². The Balaban J connectivity index is 1.67. The quantitative estimate of drug-likeness (QED) is 0.402. The lowest BCUT2D eigenvalue weighted by molar-refractivity contribution is 0.184. The van der Waals surface area contributed by atoms with Gasteiger partial charge in [0.1, 0.15) is 17.0 Å². The van der Waals surface area contributed by atoms with E-state index >= 15 is 0 Å². The molecule has 1 aliphatic rings. The van der Waals surface area contributed by atoms with E-state index in [1.807, 2.05) is 6.92 Å². The maximum Gasteiger partial charge on any atom is 0.158 e. The minimum Gasteiger partial charge on any atom is -0.260 e. The van der Waals surface area contributed by atoms with Gasteiger partial charge in [0.2, 0.25) is 0 Å². The van der Waals surface area contributed by atoms with Gasteiger partial charge in [0.25, 0.3) is 0 Å². The third kappa shape index (κ3) is 3.90. The average molecular weight is 411 g/mol. The van der Waals surface area contributed by atoms with Crippen LogP contribution in [0.4, 0.5) is 10.2 Å². The predicted molar refractivity (Wildman–Crippen MR) is 119 cm³/mol. The fourth-order valence-electron chi connectivity index (χ4n) is 4.04. The first kappa shape index (κ1) is 20.0. The van der Waals surface area contributed by atoms with Crippen LogP contribution in [0.2, 0.25) is 0 Å². The molecule has 0 fully saturated rings. The topological polar surface area (TPSA) is 50.2 Å². The molecule has 29 heavy (non-hydrogen) atoms. The van der Waals surface area contributed by atoms with Crippen LogP contribution < -0.4 is 5.43 Å². The molecule has 0 bridgehead atoms. The molecule has 1 aliphatic carbocycles. The van der Waals surface area contributed by atoms with Crippen LogP contribution in [-0.4, -0.2) is 15.7 Å². The van der Waals surface area contributed by atoms with Crippen LogP contribution in [0.3, 0.4) is 0 Å². The lowest BCUT2D eigenvalue weighted by Crippen LogP contribution is -2.28. The van der Waals surface area contributed by atoms with Crippen LogP contribution in [0.5, 0.6) is 0 Å². The number of hydrazone groups is 1. The van der Waals surface area contributed by atoms with E-state index in [1.165, 1.54) is 35.4 Å². The van der Waals surface area contributed by atoms with Crippen LogP contribution >= 0.6 is 11.3 Å². The van der Waals surface area contributed by atoms with Crippen LogP contribution in [0.1, 0.15) is 56.5 Å².